The van der Waals surface area contributed by atoms with Crippen molar-refractivity contribution in [3.63, 3.8) is 0 Å². The number of nitrogens with two attached hydrogens (primary N) is 1. The number of hydrogen-bond acceptors (Lipinski definition) is 8. The van der Waals surface area contributed by atoms with E-state index in [0.717, 1.165) is 51.9 Å². The second-order valence-electron chi connectivity index (χ2n) is 10.4. The van der Waals surface area contributed by atoms with E-state index in [1.165, 1.54) is 11.6 Å². The van der Waals surface area contributed by atoms with Gasteiger partial charge in [0.1, 0.15) is 17.5 Å². The number of nitrogen functional groups attached to an aromatic ring is 1. The normalized spacial score (nSPS) is 21.0. The molecule has 1 aromatic carbocycles. The van der Waals surface area contributed by atoms with Crippen LogP contribution in [0.5, 0.6) is 0 Å². The molecule has 0 bridgehead atoms. The molecular weight excluding hydrogens is 522 g/mol. The summed E-state index contributed by atoms with van der Waals surface area (Å²) >= 11 is 5.97. The minimum Gasteiger partial charge on any atom is -0.459 e. The monoisotopic (exact) mass is 559 g/mol. The number of likely N-dealkylation sites (tertiary alicyclic amines) is 2. The molecule has 39 heavy (non-hydrogen) atoms. The summed E-state index contributed by atoms with van der Waals surface area (Å²) in [5.74, 6) is -0.721. The summed E-state index contributed by atoms with van der Waals surface area (Å²) in [6, 6.07) is 8.75. The number of pyridine rings is 1. The Labute approximate surface area is 233 Å². The van der Waals surface area contributed by atoms with Crippen molar-refractivity contribution >= 4 is 29.3 Å². The van der Waals surface area contributed by atoms with Crippen LogP contribution in [0.1, 0.15) is 52.0 Å². The van der Waals surface area contributed by atoms with E-state index in [-0.39, 0.29) is 40.6 Å². The lowest BCUT2D eigenvalue weighted by Gasteiger charge is -2.38. The van der Waals surface area contributed by atoms with Crippen molar-refractivity contribution in [1.29, 1.82) is 0 Å². The zero-order valence-corrected chi connectivity index (χ0v) is 23.3. The maximum absolute atomic E-state index is 12.7. The number of halogens is 1. The standard InChI is InChI=1S/C28H38ClN5O5/c1-33-13-9-20(10-14-33)39-28(37)19-7-5-18(6-8-19)4-3-12-34-15-11-23(24(17-34)38-2)31-26(35)21-16-22(29)25(30)32-27(21)36/h5-8,16,20,23-24H,3-4,9-15,17H2,1-2H3,(H,31,35)(H3,30,32,36)/t23-,24+/m1/s1. The van der Waals surface area contributed by atoms with Crippen LogP contribution in [0, 0.1) is 0 Å². The lowest BCUT2D eigenvalue weighted by molar-refractivity contribution is 0.00617. The molecule has 0 aliphatic carbocycles. The number of nitrogens with one attached hydrogen (secondary N) is 2. The van der Waals surface area contributed by atoms with Gasteiger partial charge < -0.3 is 35.3 Å². The molecule has 11 heteroatoms. The second kappa shape index (κ2) is 13.4. The predicted molar refractivity (Wildman–Crippen MR) is 150 cm³/mol. The minimum absolute atomic E-state index is 0.000585. The molecule has 1 aromatic heterocycles. The number of benzene rings is 1. The van der Waals surface area contributed by atoms with Crippen LogP contribution in [0.4, 0.5) is 5.82 Å². The van der Waals surface area contributed by atoms with Gasteiger partial charge in [-0.3, -0.25) is 9.59 Å². The van der Waals surface area contributed by atoms with Crippen LogP contribution in [0.15, 0.2) is 35.1 Å². The fourth-order valence-electron chi connectivity index (χ4n) is 5.16. The number of aromatic nitrogens is 1. The molecule has 212 valence electrons. The van der Waals surface area contributed by atoms with Crippen LogP contribution in [-0.2, 0) is 15.9 Å². The highest BCUT2D eigenvalue weighted by molar-refractivity contribution is 6.33. The highest BCUT2D eigenvalue weighted by atomic mass is 35.5. The van der Waals surface area contributed by atoms with E-state index in [9.17, 15) is 14.4 Å². The van der Waals surface area contributed by atoms with Gasteiger partial charge in [0.25, 0.3) is 11.5 Å². The molecular formula is C28H38ClN5O5. The van der Waals surface area contributed by atoms with Gasteiger partial charge >= 0.3 is 5.97 Å². The summed E-state index contributed by atoms with van der Waals surface area (Å²) in [5.41, 5.74) is 6.70. The lowest BCUT2D eigenvalue weighted by atomic mass is 10.00. The Bertz CT molecular complexity index is 1200. The maximum atomic E-state index is 12.7. The van der Waals surface area contributed by atoms with Crippen LogP contribution >= 0.6 is 11.6 Å². The molecule has 2 saturated heterocycles. The third-order valence-electron chi connectivity index (χ3n) is 7.60. The number of carbonyl (C=O) groups is 2. The summed E-state index contributed by atoms with van der Waals surface area (Å²) in [4.78, 5) is 44.3. The van der Waals surface area contributed by atoms with Gasteiger partial charge in [-0.05, 0) is 69.5 Å². The van der Waals surface area contributed by atoms with Crippen LogP contribution in [0.2, 0.25) is 5.02 Å². The Morgan fingerprint density at radius 1 is 1.15 bits per heavy atom. The summed E-state index contributed by atoms with van der Waals surface area (Å²) in [6.45, 7) is 4.25. The molecule has 0 saturated carbocycles. The third-order valence-corrected chi connectivity index (χ3v) is 7.91. The average Bonchev–Trinajstić information content (AvgIpc) is 2.93. The lowest BCUT2D eigenvalue weighted by Crippen LogP contribution is -2.55. The molecule has 0 spiro atoms. The van der Waals surface area contributed by atoms with Crippen molar-refractivity contribution in [2.24, 2.45) is 0 Å². The van der Waals surface area contributed by atoms with Crippen LogP contribution in [0.3, 0.4) is 0 Å². The average molecular weight is 560 g/mol. The number of piperidine rings is 2. The number of hydrogen-bond donors (Lipinski definition) is 3. The van der Waals surface area contributed by atoms with E-state index < -0.39 is 11.5 Å². The Morgan fingerprint density at radius 3 is 2.56 bits per heavy atom. The van der Waals surface area contributed by atoms with Crippen LogP contribution in [0.25, 0.3) is 0 Å². The number of aryl methyl sites for hydroxylation is 1. The van der Waals surface area contributed by atoms with E-state index in [4.69, 9.17) is 26.8 Å². The zero-order chi connectivity index (χ0) is 27.9. The number of anilines is 1. The highest BCUT2D eigenvalue weighted by Crippen LogP contribution is 2.19. The van der Waals surface area contributed by atoms with Gasteiger partial charge in [-0.1, -0.05) is 23.7 Å². The fraction of sp³-hybridized carbons (Fsp3) is 0.536. The SMILES string of the molecule is CO[C@H]1CN(CCCc2ccc(C(=O)OC3CCN(C)CC3)cc2)CC[C@H]1NC(=O)c1cc(Cl)c(N)[nH]c1=O. The van der Waals surface area contributed by atoms with Crippen molar-refractivity contribution < 1.29 is 19.1 Å². The minimum atomic E-state index is -0.581. The molecule has 2 aliphatic heterocycles. The van der Waals surface area contributed by atoms with Gasteiger partial charge in [-0.2, -0.15) is 0 Å². The topological polar surface area (TPSA) is 130 Å². The first-order valence-corrected chi connectivity index (χ1v) is 13.8. The second-order valence-corrected chi connectivity index (χ2v) is 10.8. The number of nitrogens with zero attached hydrogens (tertiary/aromatic N) is 2. The first-order valence-electron chi connectivity index (χ1n) is 13.5. The number of carbonyl (C=O) groups excluding carboxylic acids is 2. The van der Waals surface area contributed by atoms with Crippen molar-refractivity contribution in [2.75, 3.05) is 52.6 Å². The summed E-state index contributed by atoms with van der Waals surface area (Å²) in [5, 5.41) is 3.04. The first kappa shape index (κ1) is 29.1. The number of esters is 1. The number of H-pyrrole nitrogens is 1. The van der Waals surface area contributed by atoms with Gasteiger partial charge in [0.15, 0.2) is 0 Å². The highest BCUT2D eigenvalue weighted by Gasteiger charge is 2.31. The molecule has 10 nitrogen and oxygen atoms in total. The Kier molecular flexibility index (Phi) is 10.0. The van der Waals surface area contributed by atoms with Gasteiger partial charge in [-0.25, -0.2) is 4.79 Å². The number of amides is 1. The smallest absolute Gasteiger partial charge is 0.338 e. The van der Waals surface area contributed by atoms with Crippen molar-refractivity contribution in [3.05, 3.63) is 62.4 Å². The van der Waals surface area contributed by atoms with Crippen molar-refractivity contribution in [3.8, 4) is 0 Å². The Balaban J connectivity index is 1.21. The molecule has 3 heterocycles. The van der Waals surface area contributed by atoms with E-state index in [1.54, 1.807) is 7.11 Å². The predicted octanol–water partition coefficient (Wildman–Crippen LogP) is 2.31. The molecule has 2 fully saturated rings. The van der Waals surface area contributed by atoms with E-state index in [2.05, 4.69) is 27.1 Å². The molecule has 4 N–H and O–H groups in total. The Hall–Kier alpha value is -2.92. The largest absolute Gasteiger partial charge is 0.459 e. The summed E-state index contributed by atoms with van der Waals surface area (Å²) in [6.07, 6.45) is 4.09. The zero-order valence-electron chi connectivity index (χ0n) is 22.6. The van der Waals surface area contributed by atoms with E-state index in [1.807, 2.05) is 24.3 Å². The molecule has 1 amide bonds. The number of methoxy groups -OCH3 is 1. The molecule has 0 unspecified atom stereocenters. The van der Waals surface area contributed by atoms with Gasteiger partial charge in [-0.15, -0.1) is 0 Å². The van der Waals surface area contributed by atoms with E-state index in [0.29, 0.717) is 18.5 Å². The summed E-state index contributed by atoms with van der Waals surface area (Å²) in [7, 11) is 3.71. The number of rotatable bonds is 9. The van der Waals surface area contributed by atoms with Crippen molar-refractivity contribution in [2.45, 2.75) is 50.4 Å². The number of aromatic amines is 1. The fourth-order valence-corrected chi connectivity index (χ4v) is 5.31. The third kappa shape index (κ3) is 7.82. The Morgan fingerprint density at radius 2 is 1.87 bits per heavy atom. The quantitative estimate of drug-likeness (QED) is 0.399. The molecule has 0 radical (unpaired) electrons. The molecule has 2 atom stereocenters. The first-order chi connectivity index (χ1) is 18.7. The summed E-state index contributed by atoms with van der Waals surface area (Å²) < 4.78 is 11.4. The van der Waals surface area contributed by atoms with Gasteiger partial charge in [0.2, 0.25) is 0 Å². The van der Waals surface area contributed by atoms with Crippen molar-refractivity contribution in [1.82, 2.24) is 20.1 Å². The molecule has 2 aliphatic rings. The van der Waals surface area contributed by atoms with E-state index >= 15 is 0 Å². The number of ether oxygens (including phenoxy) is 2. The molecule has 4 rings (SSSR count). The maximum Gasteiger partial charge on any atom is 0.338 e. The van der Waals surface area contributed by atoms with Gasteiger partial charge in [0.05, 0.1) is 22.7 Å². The van der Waals surface area contributed by atoms with Crippen LogP contribution < -0.4 is 16.6 Å². The molecule has 2 aromatic rings. The van der Waals surface area contributed by atoms with Gasteiger partial charge in [0, 0.05) is 33.3 Å². The van der Waals surface area contributed by atoms with Crippen LogP contribution in [-0.4, -0.2) is 91.8 Å².